The van der Waals surface area contributed by atoms with Gasteiger partial charge < -0.3 is 67.2 Å². The number of amides is 9. The monoisotopic (exact) mass is 1240 g/mol. The highest BCUT2D eigenvalue weighted by molar-refractivity contribution is 7.47. The minimum absolute atomic E-state index is 0.203. The van der Waals surface area contributed by atoms with Gasteiger partial charge in [0, 0.05) is 19.3 Å². The lowest BCUT2D eigenvalue weighted by molar-refractivity contribution is -0.135. The van der Waals surface area contributed by atoms with Crippen molar-refractivity contribution in [1.82, 2.24) is 47.9 Å². The molecule has 0 aliphatic heterocycles. The van der Waals surface area contributed by atoms with Gasteiger partial charge in [-0.1, -0.05) is 36.4 Å². The molecular formula is C49H69N10O22P3. The van der Waals surface area contributed by atoms with Gasteiger partial charge in [0.15, 0.2) is 5.78 Å². The number of phosphoric ester groups is 3. The highest BCUT2D eigenvalue weighted by atomic mass is 31.2. The number of phosphoric acid groups is 3. The average Bonchev–Trinajstić information content (AvgIpc) is 3.61. The smallest absolute Gasteiger partial charge is 0.404 e. The molecule has 0 fully saturated rings. The third-order valence-corrected chi connectivity index (χ3v) is 13.1. The number of rotatable bonds is 31. The molecule has 0 aliphatic carbocycles. The van der Waals surface area contributed by atoms with Crippen molar-refractivity contribution in [3.63, 3.8) is 0 Å². The summed E-state index contributed by atoms with van der Waals surface area (Å²) in [6.07, 6.45) is -0.863. The average molecular weight is 1240 g/mol. The van der Waals surface area contributed by atoms with E-state index in [1.54, 1.807) is 0 Å². The van der Waals surface area contributed by atoms with Crippen molar-refractivity contribution in [2.24, 2.45) is 5.73 Å². The van der Waals surface area contributed by atoms with Gasteiger partial charge in [0.25, 0.3) is 0 Å². The van der Waals surface area contributed by atoms with E-state index in [0.29, 0.717) is 11.1 Å². The van der Waals surface area contributed by atoms with Gasteiger partial charge in [-0.3, -0.25) is 77.3 Å². The van der Waals surface area contributed by atoms with Gasteiger partial charge in [0.05, 0.1) is 12.1 Å². The van der Waals surface area contributed by atoms with Crippen LogP contribution in [0, 0.1) is 0 Å². The number of hydrogen-bond acceptors (Lipinski definition) is 17. The van der Waals surface area contributed by atoms with Crippen LogP contribution in [-0.2, 0) is 80.9 Å². The van der Waals surface area contributed by atoms with E-state index in [-0.39, 0.29) is 42.1 Å². The quantitative estimate of drug-likeness (QED) is 0.0297. The van der Waals surface area contributed by atoms with Crippen LogP contribution < -0.4 is 67.2 Å². The summed E-state index contributed by atoms with van der Waals surface area (Å²) in [5, 5.41) is 21.9. The van der Waals surface area contributed by atoms with Crippen molar-refractivity contribution >= 4 is 82.4 Å². The van der Waals surface area contributed by atoms with E-state index in [2.05, 4.69) is 61.4 Å². The standard InChI is InChI=1S/C49H69N10O22P3/c1-24(50)41(61)52-28(5)44(64)58-39(22-33-11-17-36(18-12-33)80-83(73,74)75)48(68)55-26(3)43(63)54-30(7)46(66)59-40(23-34-13-19-37(20-14-34)81-84(76,77)78)49(69)56-27(4)42(62)53-29(6)45(65)57-38(47(67)51-25(2)31(8)60)21-32-9-15-35(16-10-32)79-82(70,71)72/h9-20,24-30,38-40H,21-23,50H2,1-8H3,(H,51,67)(H,52,61)(H,53,62)(H,54,63)(H,55,68)(H,56,69)(H,57,65)(H,58,64)(H,59,66)(H2,70,71,72)(H2,73,74,75)(H2,76,77,78)/t24-,25-,26-,27-,28-,29-,30-,38-,39-,40-/m0/s1. The van der Waals surface area contributed by atoms with Crippen LogP contribution >= 0.6 is 23.5 Å². The molecule has 0 saturated heterocycles. The minimum Gasteiger partial charge on any atom is -0.404 e. The molecule has 0 saturated carbocycles. The molecule has 35 heteroatoms. The number of nitrogens with one attached hydrogen (secondary N) is 9. The molecule has 0 spiro atoms. The zero-order valence-electron chi connectivity index (χ0n) is 46.5. The van der Waals surface area contributed by atoms with Crippen molar-refractivity contribution in [1.29, 1.82) is 0 Å². The summed E-state index contributed by atoms with van der Waals surface area (Å²) in [6.45, 7) is 10.2. The zero-order valence-corrected chi connectivity index (χ0v) is 49.1. The maximum atomic E-state index is 14.0. The molecular weight excluding hydrogens is 1170 g/mol. The molecule has 0 heterocycles. The van der Waals surface area contributed by atoms with Gasteiger partial charge in [0.2, 0.25) is 53.2 Å². The fraction of sp³-hybridized carbons (Fsp3) is 0.429. The Balaban J connectivity index is 1.79. The van der Waals surface area contributed by atoms with Gasteiger partial charge in [-0.15, -0.1) is 0 Å². The van der Waals surface area contributed by atoms with Crippen molar-refractivity contribution in [2.75, 3.05) is 0 Å². The second-order valence-electron chi connectivity index (χ2n) is 19.3. The Morgan fingerprint density at radius 1 is 0.357 bits per heavy atom. The van der Waals surface area contributed by atoms with E-state index in [0.717, 1.165) is 12.1 Å². The molecule has 0 unspecified atom stereocenters. The number of ketones is 1. The predicted octanol–water partition coefficient (Wildman–Crippen LogP) is -2.45. The molecule has 462 valence electrons. The van der Waals surface area contributed by atoms with Crippen LogP contribution in [0.1, 0.15) is 72.1 Å². The number of nitrogens with two attached hydrogens (primary N) is 1. The topological polar surface area (TPSA) is 505 Å². The highest BCUT2D eigenvalue weighted by Crippen LogP contribution is 2.39. The Labute approximate surface area is 481 Å². The summed E-state index contributed by atoms with van der Waals surface area (Å²) in [5.74, 6) is -9.22. The Morgan fingerprint density at radius 2 is 0.560 bits per heavy atom. The predicted molar refractivity (Wildman–Crippen MR) is 294 cm³/mol. The largest absolute Gasteiger partial charge is 0.524 e. The second-order valence-corrected chi connectivity index (χ2v) is 22.7. The van der Waals surface area contributed by atoms with E-state index < -0.39 is 143 Å². The molecule has 0 aromatic heterocycles. The van der Waals surface area contributed by atoms with Crippen LogP contribution in [0.5, 0.6) is 17.2 Å². The molecule has 32 nitrogen and oxygen atoms in total. The maximum Gasteiger partial charge on any atom is 0.524 e. The lowest BCUT2D eigenvalue weighted by Gasteiger charge is -2.26. The third kappa shape index (κ3) is 25.5. The first kappa shape index (κ1) is 70.6. The summed E-state index contributed by atoms with van der Waals surface area (Å²) < 4.78 is 47.7. The van der Waals surface area contributed by atoms with E-state index >= 15 is 0 Å². The Hall–Kier alpha value is -7.63. The zero-order chi connectivity index (χ0) is 63.6. The highest BCUT2D eigenvalue weighted by Gasteiger charge is 2.33. The summed E-state index contributed by atoms with van der Waals surface area (Å²) in [6, 6.07) is 1.73. The van der Waals surface area contributed by atoms with Crippen molar-refractivity contribution < 1.29 is 105 Å². The number of carbonyl (C=O) groups excluding carboxylic acids is 10. The van der Waals surface area contributed by atoms with Crippen molar-refractivity contribution in [3.05, 3.63) is 89.5 Å². The van der Waals surface area contributed by atoms with Crippen LogP contribution in [0.2, 0.25) is 0 Å². The molecule has 84 heavy (non-hydrogen) atoms. The van der Waals surface area contributed by atoms with Gasteiger partial charge in [0.1, 0.15) is 65.6 Å². The fourth-order valence-corrected chi connectivity index (χ4v) is 8.28. The van der Waals surface area contributed by atoms with E-state index in [9.17, 15) is 71.4 Å². The molecule has 0 radical (unpaired) electrons. The molecule has 3 aromatic rings. The maximum absolute atomic E-state index is 14.0. The molecule has 10 atom stereocenters. The van der Waals surface area contributed by atoms with Crippen LogP contribution in [0.3, 0.4) is 0 Å². The summed E-state index contributed by atoms with van der Waals surface area (Å²) in [7, 11) is -14.8. The number of benzene rings is 3. The minimum atomic E-state index is -4.98. The van der Waals surface area contributed by atoms with Crippen LogP contribution in [0.25, 0.3) is 0 Å². The van der Waals surface area contributed by atoms with Gasteiger partial charge in [-0.2, -0.15) is 0 Å². The fourth-order valence-electron chi connectivity index (χ4n) is 7.09. The van der Waals surface area contributed by atoms with Crippen LogP contribution in [0.4, 0.5) is 0 Å². The van der Waals surface area contributed by atoms with E-state index in [1.165, 1.54) is 116 Å². The first-order valence-electron chi connectivity index (χ1n) is 25.3. The number of Topliss-reactive ketones (excluding diaryl/α,β-unsaturated/α-hetero) is 1. The second kappa shape index (κ2) is 31.3. The summed E-state index contributed by atoms with van der Waals surface area (Å²) >= 11 is 0. The van der Waals surface area contributed by atoms with E-state index in [1.807, 2.05) is 0 Å². The molecule has 9 amide bonds. The summed E-state index contributed by atoms with van der Waals surface area (Å²) in [5.41, 5.74) is 6.55. The SMILES string of the molecule is CC(=O)[C@H](C)NC(=O)[C@H](Cc1ccc(OP(=O)(O)O)cc1)NC(=O)[C@H](C)NC(=O)[C@H](C)NC(=O)[C@H](Cc1ccc(OP(=O)(O)O)cc1)NC(=O)[C@H](C)NC(=O)[C@H](C)NC(=O)[C@H](Cc1ccc(OP(=O)(O)O)cc1)NC(=O)[C@H](C)NC(=O)[C@H](C)N. The molecule has 3 aromatic carbocycles. The van der Waals surface area contributed by atoms with Crippen LogP contribution in [-0.4, -0.2) is 149 Å². The van der Waals surface area contributed by atoms with Crippen molar-refractivity contribution in [2.45, 2.75) is 135 Å². The lowest BCUT2D eigenvalue weighted by atomic mass is 10.0. The Bertz CT molecular complexity index is 3010. The van der Waals surface area contributed by atoms with Crippen LogP contribution in [0.15, 0.2) is 72.8 Å². The van der Waals surface area contributed by atoms with Crippen molar-refractivity contribution in [3.8, 4) is 17.2 Å². The molecule has 0 aliphatic rings. The molecule has 17 N–H and O–H groups in total. The Kier molecular flexibility index (Phi) is 26.3. The summed E-state index contributed by atoms with van der Waals surface area (Å²) in [4.78, 5) is 188. The lowest BCUT2D eigenvalue weighted by Crippen LogP contribution is -2.59. The Morgan fingerprint density at radius 3 is 0.774 bits per heavy atom. The third-order valence-electron chi connectivity index (χ3n) is 11.8. The first-order valence-corrected chi connectivity index (χ1v) is 29.9. The number of hydrogen-bond donors (Lipinski definition) is 16. The normalized spacial score (nSPS) is 15.1. The van der Waals surface area contributed by atoms with Gasteiger partial charge >= 0.3 is 23.5 Å². The van der Waals surface area contributed by atoms with E-state index in [4.69, 9.17) is 25.3 Å². The number of carbonyl (C=O) groups is 10. The first-order chi connectivity index (χ1) is 38.8. The molecule has 3 rings (SSSR count). The van der Waals surface area contributed by atoms with Gasteiger partial charge in [-0.05, 0) is 108 Å². The van der Waals surface area contributed by atoms with Gasteiger partial charge in [-0.25, -0.2) is 13.7 Å². The molecule has 0 bridgehead atoms.